The van der Waals surface area contributed by atoms with E-state index in [1.54, 1.807) is 7.05 Å². The van der Waals surface area contributed by atoms with Crippen molar-refractivity contribution >= 4 is 17.4 Å². The molecule has 0 aliphatic heterocycles. The average molecular weight is 293 g/mol. The van der Waals surface area contributed by atoms with Crippen LogP contribution in [0.5, 0.6) is 5.75 Å². The van der Waals surface area contributed by atoms with E-state index in [9.17, 15) is 13.6 Å². The second kappa shape index (κ2) is 6.17. The smallest absolute Gasteiger partial charge is 0.259 e. The maximum Gasteiger partial charge on any atom is 0.259 e. The van der Waals surface area contributed by atoms with Crippen LogP contribution >= 0.6 is 0 Å². The number of nitrogens with one attached hydrogen (secondary N) is 2. The molecule has 0 atom stereocenters. The van der Waals surface area contributed by atoms with Crippen LogP contribution in [0, 0.1) is 11.6 Å². The molecule has 0 aliphatic carbocycles. The number of methoxy groups -OCH3 is 1. The van der Waals surface area contributed by atoms with E-state index < -0.39 is 17.5 Å². The third-order valence-electron chi connectivity index (χ3n) is 2.75. The highest BCUT2D eigenvalue weighted by atomic mass is 19.1. The molecule has 2 rings (SSSR count). The summed E-state index contributed by atoms with van der Waals surface area (Å²) in [5.41, 5.74) is 0.248. The van der Waals surface area contributed by atoms with Crippen LogP contribution in [-0.2, 0) is 0 Å². The first-order chi connectivity index (χ1) is 10.0. The fraction of sp³-hybridized carbons (Fsp3) is 0.143. The van der Waals surface area contributed by atoms with Gasteiger partial charge in [-0.25, -0.2) is 13.8 Å². The Morgan fingerprint density at radius 3 is 2.67 bits per heavy atom. The molecule has 0 saturated heterocycles. The molecule has 2 N–H and O–H groups in total. The summed E-state index contributed by atoms with van der Waals surface area (Å²) in [5, 5.41) is 5.16. The minimum absolute atomic E-state index is 0.0220. The molecule has 0 spiro atoms. The Morgan fingerprint density at radius 2 is 2.05 bits per heavy atom. The fourth-order valence-electron chi connectivity index (χ4n) is 1.75. The molecule has 0 aliphatic rings. The third kappa shape index (κ3) is 3.25. The Bertz CT molecular complexity index is 677. The average Bonchev–Trinajstić information content (AvgIpc) is 2.47. The molecule has 0 unspecified atom stereocenters. The van der Waals surface area contributed by atoms with Crippen molar-refractivity contribution in [1.29, 1.82) is 0 Å². The highest BCUT2D eigenvalue weighted by Gasteiger charge is 2.14. The number of aromatic nitrogens is 1. The molecule has 7 heteroatoms. The van der Waals surface area contributed by atoms with Gasteiger partial charge in [-0.15, -0.1) is 0 Å². The second-order valence-corrected chi connectivity index (χ2v) is 4.10. The number of pyridine rings is 1. The van der Waals surface area contributed by atoms with Gasteiger partial charge in [0.1, 0.15) is 11.6 Å². The molecule has 1 heterocycles. The van der Waals surface area contributed by atoms with E-state index in [1.807, 2.05) is 0 Å². The molecule has 0 radical (unpaired) electrons. The van der Waals surface area contributed by atoms with Crippen molar-refractivity contribution in [2.75, 3.05) is 24.8 Å². The molecule has 0 fully saturated rings. The number of hydrogen-bond donors (Lipinski definition) is 2. The Labute approximate surface area is 120 Å². The maximum atomic E-state index is 13.6. The number of amides is 1. The summed E-state index contributed by atoms with van der Waals surface area (Å²) in [5.74, 6) is -1.56. The zero-order chi connectivity index (χ0) is 15.4. The molecule has 1 aromatic carbocycles. The summed E-state index contributed by atoms with van der Waals surface area (Å²) < 4.78 is 31.5. The van der Waals surface area contributed by atoms with Gasteiger partial charge in [-0.2, -0.15) is 0 Å². The predicted octanol–water partition coefficient (Wildman–Crippen LogP) is 2.66. The maximum absolute atomic E-state index is 13.6. The van der Waals surface area contributed by atoms with Crippen LogP contribution in [0.15, 0.2) is 30.5 Å². The van der Waals surface area contributed by atoms with Crippen LogP contribution < -0.4 is 15.4 Å². The van der Waals surface area contributed by atoms with E-state index in [4.69, 9.17) is 4.74 Å². The first-order valence-electron chi connectivity index (χ1n) is 6.03. The van der Waals surface area contributed by atoms with Crippen LogP contribution in [0.3, 0.4) is 0 Å². The van der Waals surface area contributed by atoms with Gasteiger partial charge in [0.2, 0.25) is 0 Å². The Morgan fingerprint density at radius 1 is 1.29 bits per heavy atom. The number of carbonyl (C=O) groups is 1. The summed E-state index contributed by atoms with van der Waals surface area (Å²) in [6.07, 6.45) is 0.996. The van der Waals surface area contributed by atoms with Crippen LogP contribution in [-0.4, -0.2) is 25.0 Å². The van der Waals surface area contributed by atoms with Crippen LogP contribution in [0.25, 0.3) is 0 Å². The minimum Gasteiger partial charge on any atom is -0.494 e. The number of benzene rings is 1. The van der Waals surface area contributed by atoms with Gasteiger partial charge in [0.25, 0.3) is 5.91 Å². The van der Waals surface area contributed by atoms with Gasteiger partial charge in [-0.05, 0) is 18.2 Å². The topological polar surface area (TPSA) is 63.2 Å². The largest absolute Gasteiger partial charge is 0.494 e. The predicted molar refractivity (Wildman–Crippen MR) is 74.6 cm³/mol. The minimum atomic E-state index is -0.639. The summed E-state index contributed by atoms with van der Waals surface area (Å²) in [4.78, 5) is 15.9. The van der Waals surface area contributed by atoms with Gasteiger partial charge in [-0.1, -0.05) is 0 Å². The molecular weight excluding hydrogens is 280 g/mol. The fourth-order valence-corrected chi connectivity index (χ4v) is 1.75. The quantitative estimate of drug-likeness (QED) is 0.909. The zero-order valence-corrected chi connectivity index (χ0v) is 11.4. The van der Waals surface area contributed by atoms with Crippen molar-refractivity contribution in [3.63, 3.8) is 0 Å². The van der Waals surface area contributed by atoms with E-state index in [0.29, 0.717) is 0 Å². The monoisotopic (exact) mass is 293 g/mol. The summed E-state index contributed by atoms with van der Waals surface area (Å²) in [6.45, 7) is 0. The number of nitrogens with zero attached hydrogens (tertiary/aromatic N) is 1. The van der Waals surface area contributed by atoms with Crippen molar-refractivity contribution < 1.29 is 18.3 Å². The van der Waals surface area contributed by atoms with Gasteiger partial charge in [0.05, 0.1) is 18.9 Å². The molecule has 21 heavy (non-hydrogen) atoms. The number of ether oxygens (including phenoxy) is 1. The lowest BCUT2D eigenvalue weighted by molar-refractivity contribution is 0.102. The standard InChI is InChI=1S/C14H13F2N3O2/c1-17-13-10(5-8(15)7-18-13)14(20)19-9-3-4-12(21-2)11(16)6-9/h3-7H,1-2H3,(H,17,18)(H,19,20). The number of hydrogen-bond acceptors (Lipinski definition) is 4. The van der Waals surface area contributed by atoms with Crippen LogP contribution in [0.4, 0.5) is 20.3 Å². The molecule has 1 aromatic heterocycles. The van der Waals surface area contributed by atoms with Crippen molar-refractivity contribution in [2.45, 2.75) is 0 Å². The second-order valence-electron chi connectivity index (χ2n) is 4.10. The first-order valence-corrected chi connectivity index (χ1v) is 6.03. The lowest BCUT2D eigenvalue weighted by atomic mass is 10.2. The summed E-state index contributed by atoms with van der Waals surface area (Å²) in [6, 6.07) is 5.02. The third-order valence-corrected chi connectivity index (χ3v) is 2.75. The zero-order valence-electron chi connectivity index (χ0n) is 11.4. The highest BCUT2D eigenvalue weighted by molar-refractivity contribution is 6.07. The molecular formula is C14H13F2N3O2. The van der Waals surface area contributed by atoms with E-state index in [0.717, 1.165) is 18.3 Å². The van der Waals surface area contributed by atoms with Crippen LogP contribution in [0.1, 0.15) is 10.4 Å². The van der Waals surface area contributed by atoms with Crippen LogP contribution in [0.2, 0.25) is 0 Å². The summed E-state index contributed by atoms with van der Waals surface area (Å²) in [7, 11) is 2.90. The van der Waals surface area contributed by atoms with E-state index >= 15 is 0 Å². The van der Waals surface area contributed by atoms with Crippen molar-refractivity contribution in [3.05, 3.63) is 47.7 Å². The normalized spacial score (nSPS) is 10.1. The molecule has 0 saturated carbocycles. The number of carbonyl (C=O) groups excluding carboxylic acids is 1. The summed E-state index contributed by atoms with van der Waals surface area (Å²) >= 11 is 0. The lowest BCUT2D eigenvalue weighted by Crippen LogP contribution is -2.15. The molecule has 1 amide bonds. The van der Waals surface area contributed by atoms with Gasteiger partial charge in [-0.3, -0.25) is 4.79 Å². The van der Waals surface area contributed by atoms with E-state index in [-0.39, 0.29) is 22.8 Å². The Balaban J connectivity index is 2.26. The highest BCUT2D eigenvalue weighted by Crippen LogP contribution is 2.22. The van der Waals surface area contributed by atoms with Crippen molar-refractivity contribution in [1.82, 2.24) is 4.98 Å². The Kier molecular flexibility index (Phi) is 4.32. The SMILES string of the molecule is CNc1ncc(F)cc1C(=O)Nc1ccc(OC)c(F)c1. The Hall–Kier alpha value is -2.70. The van der Waals surface area contributed by atoms with Gasteiger partial charge >= 0.3 is 0 Å². The van der Waals surface area contributed by atoms with Crippen molar-refractivity contribution in [3.8, 4) is 5.75 Å². The van der Waals surface area contributed by atoms with Gasteiger partial charge in [0, 0.05) is 18.8 Å². The molecule has 110 valence electrons. The van der Waals surface area contributed by atoms with E-state index in [2.05, 4.69) is 15.6 Å². The molecule has 5 nitrogen and oxygen atoms in total. The van der Waals surface area contributed by atoms with Gasteiger partial charge < -0.3 is 15.4 Å². The molecule has 2 aromatic rings. The number of anilines is 2. The molecule has 0 bridgehead atoms. The number of rotatable bonds is 4. The van der Waals surface area contributed by atoms with Gasteiger partial charge in [0.15, 0.2) is 11.6 Å². The van der Waals surface area contributed by atoms with E-state index in [1.165, 1.54) is 19.2 Å². The number of halogens is 2. The van der Waals surface area contributed by atoms with Crippen molar-refractivity contribution in [2.24, 2.45) is 0 Å². The first kappa shape index (κ1) is 14.7. The lowest BCUT2D eigenvalue weighted by Gasteiger charge is -2.10.